The van der Waals surface area contributed by atoms with Gasteiger partial charge in [-0.2, -0.15) is 5.26 Å². The second kappa shape index (κ2) is 7.55. The van der Waals surface area contributed by atoms with E-state index in [1.54, 1.807) is 6.20 Å². The van der Waals surface area contributed by atoms with Crippen molar-refractivity contribution in [3.8, 4) is 17.2 Å². The van der Waals surface area contributed by atoms with E-state index in [0.29, 0.717) is 5.69 Å². The van der Waals surface area contributed by atoms with Crippen LogP contribution in [0.5, 0.6) is 0 Å². The lowest BCUT2D eigenvalue weighted by Crippen LogP contribution is -2.38. The number of piperidine rings is 1. The molecular weight excluding hydrogens is 370 g/mol. The van der Waals surface area contributed by atoms with Gasteiger partial charge in [0.2, 0.25) is 0 Å². The Kier molecular flexibility index (Phi) is 4.72. The largest absolute Gasteiger partial charge is 0.338 e. The highest BCUT2D eigenvalue weighted by Crippen LogP contribution is 2.29. The van der Waals surface area contributed by atoms with Crippen molar-refractivity contribution < 1.29 is 0 Å². The predicted molar refractivity (Wildman–Crippen MR) is 120 cm³/mol. The summed E-state index contributed by atoms with van der Waals surface area (Å²) in [5.41, 5.74) is 5.71. The molecule has 4 heterocycles. The summed E-state index contributed by atoms with van der Waals surface area (Å²) in [7, 11) is 0. The first-order valence-electron chi connectivity index (χ1n) is 10.6. The molecule has 4 aromatic rings. The Morgan fingerprint density at radius 1 is 1.00 bits per heavy atom. The lowest BCUT2D eigenvalue weighted by Gasteiger charge is -2.35. The molecular formula is C25H25N5. The average molecular weight is 396 g/mol. The quantitative estimate of drug-likeness (QED) is 0.522. The monoisotopic (exact) mass is 395 g/mol. The lowest BCUT2D eigenvalue weighted by atomic mass is 9.91. The number of H-pyrrole nitrogens is 1. The molecule has 2 atom stereocenters. The fourth-order valence-electron chi connectivity index (χ4n) is 4.88. The van der Waals surface area contributed by atoms with Crippen molar-refractivity contribution in [3.05, 3.63) is 60.0 Å². The van der Waals surface area contributed by atoms with Gasteiger partial charge in [-0.1, -0.05) is 38.1 Å². The molecule has 30 heavy (non-hydrogen) atoms. The van der Waals surface area contributed by atoms with Gasteiger partial charge in [0.1, 0.15) is 17.4 Å². The van der Waals surface area contributed by atoms with Crippen LogP contribution in [0.25, 0.3) is 33.1 Å². The Balaban J connectivity index is 1.42. The van der Waals surface area contributed by atoms with E-state index in [-0.39, 0.29) is 0 Å². The zero-order valence-corrected chi connectivity index (χ0v) is 17.4. The SMILES string of the molecule is C[C@@H]1C[C@H](C)CN(Cc2ccc(-c3cnc4[nH]c5cnc(C#N)cc5c4c3)cc2)C1. The molecule has 1 fully saturated rings. The number of aromatic nitrogens is 3. The predicted octanol–water partition coefficient (Wildman–Crippen LogP) is 5.13. The van der Waals surface area contributed by atoms with Crippen LogP contribution in [-0.2, 0) is 6.54 Å². The summed E-state index contributed by atoms with van der Waals surface area (Å²) in [6, 6.07) is 14.9. The van der Waals surface area contributed by atoms with Crippen molar-refractivity contribution in [2.75, 3.05) is 13.1 Å². The van der Waals surface area contributed by atoms with E-state index in [1.165, 1.54) is 25.1 Å². The number of likely N-dealkylation sites (tertiary alicyclic amines) is 1. The molecule has 0 saturated carbocycles. The van der Waals surface area contributed by atoms with E-state index in [2.05, 4.69) is 70.1 Å². The van der Waals surface area contributed by atoms with Gasteiger partial charge in [0, 0.05) is 42.2 Å². The van der Waals surface area contributed by atoms with Gasteiger partial charge in [-0.15, -0.1) is 0 Å². The molecule has 0 aliphatic carbocycles. The molecule has 1 N–H and O–H groups in total. The number of nitrogens with zero attached hydrogens (tertiary/aromatic N) is 4. The zero-order chi connectivity index (χ0) is 20.7. The average Bonchev–Trinajstić information content (AvgIpc) is 3.10. The fraction of sp³-hybridized carbons (Fsp3) is 0.320. The van der Waals surface area contributed by atoms with Gasteiger partial charge >= 0.3 is 0 Å². The Morgan fingerprint density at radius 3 is 2.50 bits per heavy atom. The molecule has 3 aromatic heterocycles. The molecule has 150 valence electrons. The van der Waals surface area contributed by atoms with Crippen LogP contribution in [0.2, 0.25) is 0 Å². The van der Waals surface area contributed by atoms with Crippen LogP contribution in [0, 0.1) is 23.2 Å². The van der Waals surface area contributed by atoms with Gasteiger partial charge in [0.15, 0.2) is 0 Å². The summed E-state index contributed by atoms with van der Waals surface area (Å²) in [5.74, 6) is 1.55. The van der Waals surface area contributed by atoms with E-state index in [4.69, 9.17) is 5.26 Å². The third kappa shape index (κ3) is 3.55. The summed E-state index contributed by atoms with van der Waals surface area (Å²) in [6.45, 7) is 8.10. The fourth-order valence-corrected chi connectivity index (χ4v) is 4.88. The number of nitrogens with one attached hydrogen (secondary N) is 1. The van der Waals surface area contributed by atoms with Gasteiger partial charge in [-0.3, -0.25) is 4.90 Å². The molecule has 1 aromatic carbocycles. The van der Waals surface area contributed by atoms with Crippen molar-refractivity contribution in [3.63, 3.8) is 0 Å². The van der Waals surface area contributed by atoms with Crippen molar-refractivity contribution in [2.24, 2.45) is 11.8 Å². The minimum atomic E-state index is 0.416. The topological polar surface area (TPSA) is 68.6 Å². The summed E-state index contributed by atoms with van der Waals surface area (Å²) in [5, 5.41) is 11.2. The van der Waals surface area contributed by atoms with Crippen LogP contribution in [0.3, 0.4) is 0 Å². The van der Waals surface area contributed by atoms with Crippen LogP contribution in [0.4, 0.5) is 0 Å². The van der Waals surface area contributed by atoms with Crippen molar-refractivity contribution in [1.82, 2.24) is 19.9 Å². The van der Waals surface area contributed by atoms with Gasteiger partial charge in [0.25, 0.3) is 0 Å². The molecule has 5 nitrogen and oxygen atoms in total. The zero-order valence-electron chi connectivity index (χ0n) is 17.4. The van der Waals surface area contributed by atoms with Crippen molar-refractivity contribution in [1.29, 1.82) is 5.26 Å². The number of benzene rings is 1. The molecule has 1 saturated heterocycles. The summed E-state index contributed by atoms with van der Waals surface area (Å²) >= 11 is 0. The van der Waals surface area contributed by atoms with E-state index >= 15 is 0 Å². The van der Waals surface area contributed by atoms with Gasteiger partial charge in [-0.25, -0.2) is 9.97 Å². The molecule has 5 rings (SSSR count). The highest BCUT2D eigenvalue weighted by molar-refractivity contribution is 6.06. The molecule has 0 bridgehead atoms. The Hall–Kier alpha value is -3.23. The molecule has 0 radical (unpaired) electrons. The minimum Gasteiger partial charge on any atom is -0.338 e. The second-order valence-corrected chi connectivity index (χ2v) is 8.81. The number of fused-ring (bicyclic) bond motifs is 3. The number of hydrogen-bond donors (Lipinski definition) is 1. The highest BCUT2D eigenvalue weighted by Gasteiger charge is 2.21. The first-order chi connectivity index (χ1) is 14.6. The second-order valence-electron chi connectivity index (χ2n) is 8.81. The van der Waals surface area contributed by atoms with Gasteiger partial charge < -0.3 is 4.98 Å². The molecule has 1 aliphatic heterocycles. The van der Waals surface area contributed by atoms with Gasteiger partial charge in [-0.05, 0) is 41.5 Å². The maximum Gasteiger partial charge on any atom is 0.141 e. The lowest BCUT2D eigenvalue weighted by molar-refractivity contribution is 0.134. The molecule has 0 spiro atoms. The summed E-state index contributed by atoms with van der Waals surface area (Å²) in [6.07, 6.45) is 4.94. The molecule has 0 unspecified atom stereocenters. The Morgan fingerprint density at radius 2 is 1.77 bits per heavy atom. The van der Waals surface area contributed by atoms with Crippen LogP contribution in [-0.4, -0.2) is 32.9 Å². The van der Waals surface area contributed by atoms with Crippen molar-refractivity contribution in [2.45, 2.75) is 26.8 Å². The number of aromatic amines is 1. The first-order valence-corrected chi connectivity index (χ1v) is 10.6. The van der Waals surface area contributed by atoms with Crippen LogP contribution in [0.1, 0.15) is 31.5 Å². The van der Waals surface area contributed by atoms with E-state index in [1.807, 2.05) is 12.3 Å². The summed E-state index contributed by atoms with van der Waals surface area (Å²) < 4.78 is 0. The van der Waals surface area contributed by atoms with Crippen LogP contribution in [0.15, 0.2) is 48.8 Å². The third-order valence-electron chi connectivity index (χ3n) is 6.09. The minimum absolute atomic E-state index is 0.416. The summed E-state index contributed by atoms with van der Waals surface area (Å²) in [4.78, 5) is 14.6. The van der Waals surface area contributed by atoms with E-state index in [9.17, 15) is 0 Å². The first kappa shape index (κ1) is 18.8. The smallest absolute Gasteiger partial charge is 0.141 e. The molecule has 0 amide bonds. The normalized spacial score (nSPS) is 19.9. The number of nitriles is 1. The number of rotatable bonds is 3. The molecule has 5 heteroatoms. The standard InChI is InChI=1S/C25H25N5/c1-16-7-17(2)14-30(13-16)15-18-3-5-19(6-4-18)20-8-23-22-9-21(10-26)27-12-24(22)29-25(23)28-11-20/h3-6,8-9,11-12,16-17H,7,13-15H2,1-2H3,(H,28,29)/t16-,17+. The maximum atomic E-state index is 9.17. The van der Waals surface area contributed by atoms with Crippen LogP contribution >= 0.6 is 0 Å². The Bertz CT molecular complexity index is 1240. The van der Waals surface area contributed by atoms with Gasteiger partial charge in [0.05, 0.1) is 11.7 Å². The third-order valence-corrected chi connectivity index (χ3v) is 6.09. The van der Waals surface area contributed by atoms with E-state index in [0.717, 1.165) is 51.4 Å². The number of hydrogen-bond acceptors (Lipinski definition) is 4. The Labute approximate surface area is 176 Å². The van der Waals surface area contributed by atoms with Crippen molar-refractivity contribution >= 4 is 21.9 Å². The maximum absolute atomic E-state index is 9.17. The van der Waals surface area contributed by atoms with Crippen LogP contribution < -0.4 is 0 Å². The number of pyridine rings is 2. The van der Waals surface area contributed by atoms with E-state index < -0.39 is 0 Å². The molecule has 1 aliphatic rings. The highest BCUT2D eigenvalue weighted by atomic mass is 15.1.